The number of para-hydroxylation sites is 1. The number of fused-ring (bicyclic) bond motifs is 1. The topological polar surface area (TPSA) is 89.5 Å². The highest BCUT2D eigenvalue weighted by Gasteiger charge is 2.37. The van der Waals surface area contributed by atoms with Gasteiger partial charge in [0.05, 0.1) is 29.8 Å². The summed E-state index contributed by atoms with van der Waals surface area (Å²) in [7, 11) is 0. The van der Waals surface area contributed by atoms with Crippen LogP contribution < -0.4 is 4.90 Å². The van der Waals surface area contributed by atoms with E-state index in [0.717, 1.165) is 43.0 Å². The smallest absolute Gasteiger partial charge is 0.326 e. The molecule has 130 valence electrons. The molecule has 1 saturated heterocycles. The molecule has 0 aliphatic carbocycles. The Kier molecular flexibility index (Phi) is 3.91. The van der Waals surface area contributed by atoms with E-state index in [4.69, 9.17) is 0 Å². The molecule has 7 heteroatoms. The van der Waals surface area contributed by atoms with Crippen molar-refractivity contribution in [2.75, 3.05) is 18.0 Å². The number of carbonyl (C=O) groups excluding carboxylic acids is 1. The molecule has 2 N–H and O–H groups in total. The Morgan fingerprint density at radius 3 is 2.72 bits per heavy atom. The van der Waals surface area contributed by atoms with Gasteiger partial charge in [-0.2, -0.15) is 0 Å². The zero-order chi connectivity index (χ0) is 17.4. The SMILES string of the molecule is O=C(O)[C@@H]1Cc2nc[nH]c2CN1C(=O)c1ccccc1N1CCCC1. The molecular formula is C18H20N4O3. The van der Waals surface area contributed by atoms with Gasteiger partial charge in [-0.15, -0.1) is 0 Å². The van der Waals surface area contributed by atoms with Crippen LogP contribution in [-0.4, -0.2) is 51.0 Å². The molecule has 0 radical (unpaired) electrons. The van der Waals surface area contributed by atoms with E-state index in [2.05, 4.69) is 14.9 Å². The number of hydrogen-bond acceptors (Lipinski definition) is 4. The van der Waals surface area contributed by atoms with E-state index in [1.807, 2.05) is 18.2 Å². The van der Waals surface area contributed by atoms with Gasteiger partial charge in [0.15, 0.2) is 0 Å². The molecule has 4 rings (SSSR count). The number of anilines is 1. The van der Waals surface area contributed by atoms with E-state index < -0.39 is 12.0 Å². The monoisotopic (exact) mass is 340 g/mol. The third-order valence-electron chi connectivity index (χ3n) is 5.03. The minimum absolute atomic E-state index is 0.228. The molecule has 0 saturated carbocycles. The lowest BCUT2D eigenvalue weighted by atomic mass is 10.0. The molecule has 1 aromatic carbocycles. The number of aromatic amines is 1. The largest absolute Gasteiger partial charge is 0.480 e. The van der Waals surface area contributed by atoms with E-state index in [-0.39, 0.29) is 18.9 Å². The molecule has 0 bridgehead atoms. The molecule has 1 amide bonds. The van der Waals surface area contributed by atoms with Crippen LogP contribution in [-0.2, 0) is 17.8 Å². The van der Waals surface area contributed by atoms with Gasteiger partial charge in [-0.05, 0) is 25.0 Å². The molecule has 1 aromatic heterocycles. The highest BCUT2D eigenvalue weighted by molar-refractivity contribution is 6.01. The van der Waals surface area contributed by atoms with Gasteiger partial charge in [-0.3, -0.25) is 4.79 Å². The number of carboxylic acids is 1. The molecule has 25 heavy (non-hydrogen) atoms. The van der Waals surface area contributed by atoms with E-state index >= 15 is 0 Å². The number of amides is 1. The number of imidazole rings is 1. The van der Waals surface area contributed by atoms with Crippen LogP contribution in [0.2, 0.25) is 0 Å². The molecule has 0 spiro atoms. The zero-order valence-corrected chi connectivity index (χ0v) is 13.8. The predicted molar refractivity (Wildman–Crippen MR) is 91.5 cm³/mol. The normalized spacial score (nSPS) is 19.8. The third-order valence-corrected chi connectivity index (χ3v) is 5.03. The van der Waals surface area contributed by atoms with Crippen molar-refractivity contribution in [1.29, 1.82) is 0 Å². The van der Waals surface area contributed by atoms with Crippen molar-refractivity contribution >= 4 is 17.6 Å². The predicted octanol–water partition coefficient (Wildman–Crippen LogP) is 1.66. The number of aromatic nitrogens is 2. The van der Waals surface area contributed by atoms with E-state index in [9.17, 15) is 14.7 Å². The van der Waals surface area contributed by atoms with Crippen LogP contribution in [0, 0.1) is 0 Å². The van der Waals surface area contributed by atoms with Gasteiger partial charge in [0.2, 0.25) is 0 Å². The quantitative estimate of drug-likeness (QED) is 0.887. The Morgan fingerprint density at radius 2 is 1.96 bits per heavy atom. The summed E-state index contributed by atoms with van der Waals surface area (Å²) in [6.07, 6.45) is 4.00. The Bertz CT molecular complexity index is 810. The lowest BCUT2D eigenvalue weighted by molar-refractivity contribution is -0.142. The number of nitrogens with zero attached hydrogens (tertiary/aromatic N) is 3. The van der Waals surface area contributed by atoms with Gasteiger partial charge >= 0.3 is 5.97 Å². The maximum atomic E-state index is 13.2. The summed E-state index contributed by atoms with van der Waals surface area (Å²) in [6.45, 7) is 2.09. The van der Waals surface area contributed by atoms with Crippen LogP contribution in [0.25, 0.3) is 0 Å². The van der Waals surface area contributed by atoms with E-state index in [0.29, 0.717) is 5.56 Å². The standard InChI is InChI=1S/C18H20N4O3/c23-17(12-5-1-2-6-15(12)21-7-3-4-8-21)22-10-14-13(19-11-20-14)9-16(22)18(24)25/h1-2,5-6,11,16H,3-4,7-10H2,(H,19,20)(H,24,25)/t16-/m0/s1. The van der Waals surface area contributed by atoms with Crippen molar-refractivity contribution in [3.63, 3.8) is 0 Å². The van der Waals surface area contributed by atoms with Gasteiger partial charge in [-0.1, -0.05) is 12.1 Å². The molecule has 3 heterocycles. The second kappa shape index (κ2) is 6.23. The summed E-state index contributed by atoms with van der Waals surface area (Å²) in [5.41, 5.74) is 3.00. The number of benzene rings is 1. The first-order valence-electron chi connectivity index (χ1n) is 8.54. The fourth-order valence-corrected chi connectivity index (χ4v) is 3.71. The lowest BCUT2D eigenvalue weighted by Gasteiger charge is -2.33. The van der Waals surface area contributed by atoms with Gasteiger partial charge < -0.3 is 19.9 Å². The minimum Gasteiger partial charge on any atom is -0.480 e. The molecule has 1 fully saturated rings. The summed E-state index contributed by atoms with van der Waals surface area (Å²) >= 11 is 0. The van der Waals surface area contributed by atoms with Crippen molar-refractivity contribution in [3.05, 3.63) is 47.5 Å². The van der Waals surface area contributed by atoms with Crippen LogP contribution in [0.15, 0.2) is 30.6 Å². The summed E-state index contributed by atoms with van der Waals surface area (Å²) in [5, 5.41) is 9.61. The molecule has 2 aliphatic heterocycles. The third kappa shape index (κ3) is 2.75. The van der Waals surface area contributed by atoms with Crippen molar-refractivity contribution in [1.82, 2.24) is 14.9 Å². The number of carbonyl (C=O) groups is 2. The number of carboxylic acid groups (broad SMARTS) is 1. The maximum absolute atomic E-state index is 13.2. The Labute approximate surface area is 145 Å². The molecule has 2 aliphatic rings. The minimum atomic E-state index is -0.999. The fraction of sp³-hybridized carbons (Fsp3) is 0.389. The number of hydrogen-bond donors (Lipinski definition) is 2. The summed E-state index contributed by atoms with van der Waals surface area (Å²) < 4.78 is 0. The van der Waals surface area contributed by atoms with E-state index in [1.165, 1.54) is 4.90 Å². The number of aliphatic carboxylic acids is 1. The van der Waals surface area contributed by atoms with Crippen LogP contribution >= 0.6 is 0 Å². The van der Waals surface area contributed by atoms with Crippen LogP contribution in [0.5, 0.6) is 0 Å². The summed E-state index contributed by atoms with van der Waals surface area (Å²) in [5.74, 6) is -1.24. The average Bonchev–Trinajstić information content (AvgIpc) is 3.31. The van der Waals surface area contributed by atoms with Gasteiger partial charge in [0.25, 0.3) is 5.91 Å². The molecule has 2 aromatic rings. The lowest BCUT2D eigenvalue weighted by Crippen LogP contribution is -2.49. The molecular weight excluding hydrogens is 320 g/mol. The summed E-state index contributed by atoms with van der Waals surface area (Å²) in [4.78, 5) is 35.8. The second-order valence-electron chi connectivity index (χ2n) is 6.53. The first kappa shape index (κ1) is 15.7. The average molecular weight is 340 g/mol. The van der Waals surface area contributed by atoms with Crippen LogP contribution in [0.1, 0.15) is 34.6 Å². The van der Waals surface area contributed by atoms with E-state index in [1.54, 1.807) is 12.4 Å². The Balaban J connectivity index is 1.69. The van der Waals surface area contributed by atoms with Crippen molar-refractivity contribution in [2.45, 2.75) is 31.8 Å². The number of nitrogens with one attached hydrogen (secondary N) is 1. The van der Waals surface area contributed by atoms with Gasteiger partial charge in [0.1, 0.15) is 6.04 Å². The number of rotatable bonds is 3. The molecule has 7 nitrogen and oxygen atoms in total. The highest BCUT2D eigenvalue weighted by atomic mass is 16.4. The second-order valence-corrected chi connectivity index (χ2v) is 6.53. The highest BCUT2D eigenvalue weighted by Crippen LogP contribution is 2.29. The fourth-order valence-electron chi connectivity index (χ4n) is 3.71. The first-order chi connectivity index (χ1) is 12.1. The van der Waals surface area contributed by atoms with Crippen LogP contribution in [0.4, 0.5) is 5.69 Å². The van der Waals surface area contributed by atoms with Crippen molar-refractivity contribution in [3.8, 4) is 0 Å². The van der Waals surface area contributed by atoms with Crippen molar-refractivity contribution < 1.29 is 14.7 Å². The zero-order valence-electron chi connectivity index (χ0n) is 13.8. The van der Waals surface area contributed by atoms with Gasteiger partial charge in [0, 0.05) is 25.2 Å². The molecule has 0 unspecified atom stereocenters. The molecule has 1 atom stereocenters. The van der Waals surface area contributed by atoms with Crippen LogP contribution in [0.3, 0.4) is 0 Å². The number of H-pyrrole nitrogens is 1. The first-order valence-corrected chi connectivity index (χ1v) is 8.54. The Hall–Kier alpha value is -2.83. The summed E-state index contributed by atoms with van der Waals surface area (Å²) in [6, 6.07) is 6.59. The Morgan fingerprint density at radius 1 is 1.20 bits per heavy atom. The van der Waals surface area contributed by atoms with Crippen molar-refractivity contribution in [2.24, 2.45) is 0 Å². The maximum Gasteiger partial charge on any atom is 0.326 e. The van der Waals surface area contributed by atoms with Gasteiger partial charge in [-0.25, -0.2) is 9.78 Å².